The molecule has 2 N–H and O–H groups in total. The first kappa shape index (κ1) is 15.7. The maximum absolute atomic E-state index is 11.9. The largest absolute Gasteiger partial charge is 0.354 e. The number of nitrogens with one attached hydrogen (secondary N) is 2. The van der Waals surface area contributed by atoms with E-state index in [1.165, 1.54) is 12.8 Å². The predicted octanol–water partition coefficient (Wildman–Crippen LogP) is 0.148. The molecule has 0 saturated carbocycles. The zero-order valence-corrected chi connectivity index (χ0v) is 13.2. The van der Waals surface area contributed by atoms with Crippen molar-refractivity contribution in [2.24, 2.45) is 0 Å². The van der Waals surface area contributed by atoms with E-state index in [4.69, 9.17) is 0 Å². The van der Waals surface area contributed by atoms with Crippen molar-refractivity contribution < 1.29 is 4.79 Å². The van der Waals surface area contributed by atoms with Crippen molar-refractivity contribution in [1.29, 1.82) is 0 Å². The van der Waals surface area contributed by atoms with E-state index >= 15 is 0 Å². The van der Waals surface area contributed by atoms with Crippen LogP contribution in [0, 0.1) is 0 Å². The molecule has 3 heterocycles. The van der Waals surface area contributed by atoms with E-state index in [9.17, 15) is 4.79 Å². The Morgan fingerprint density at radius 1 is 1.39 bits per heavy atom. The quantitative estimate of drug-likeness (QED) is 0.710. The van der Waals surface area contributed by atoms with Gasteiger partial charge < -0.3 is 10.6 Å². The molecule has 1 atom stereocenters. The molecule has 0 bridgehead atoms. The summed E-state index contributed by atoms with van der Waals surface area (Å²) in [7, 11) is 0. The summed E-state index contributed by atoms with van der Waals surface area (Å²) in [6, 6.07) is 2.02. The van der Waals surface area contributed by atoms with Gasteiger partial charge in [-0.05, 0) is 31.9 Å². The van der Waals surface area contributed by atoms with Gasteiger partial charge in [-0.25, -0.2) is 0 Å². The number of aryl methyl sites for hydroxylation is 1. The van der Waals surface area contributed by atoms with Crippen LogP contribution in [0.4, 0.5) is 0 Å². The molecule has 8 nitrogen and oxygen atoms in total. The number of amides is 1. The second-order valence-electron chi connectivity index (χ2n) is 5.85. The van der Waals surface area contributed by atoms with Crippen molar-refractivity contribution in [3.63, 3.8) is 0 Å². The van der Waals surface area contributed by atoms with Crippen molar-refractivity contribution in [1.82, 2.24) is 35.4 Å². The van der Waals surface area contributed by atoms with Gasteiger partial charge in [0.2, 0.25) is 5.91 Å². The van der Waals surface area contributed by atoms with Gasteiger partial charge in [0.1, 0.15) is 6.54 Å². The lowest BCUT2D eigenvalue weighted by Gasteiger charge is -2.20. The molecule has 8 heteroatoms. The Morgan fingerprint density at radius 2 is 2.35 bits per heavy atom. The summed E-state index contributed by atoms with van der Waals surface area (Å²) in [5.41, 5.74) is 1.08. The molecule has 3 rings (SSSR count). The van der Waals surface area contributed by atoms with Gasteiger partial charge in [0.15, 0.2) is 0 Å². The Bertz CT molecular complexity index is 601. The molecule has 2 aromatic heterocycles. The normalized spacial score (nSPS) is 18.0. The van der Waals surface area contributed by atoms with Crippen molar-refractivity contribution >= 4 is 5.91 Å². The minimum absolute atomic E-state index is 0.0139. The average molecular weight is 317 g/mol. The number of nitrogens with zero attached hydrogens (tertiary/aromatic N) is 5. The van der Waals surface area contributed by atoms with Crippen LogP contribution in [0.5, 0.6) is 0 Å². The average Bonchev–Trinajstić information content (AvgIpc) is 3.24. The highest BCUT2D eigenvalue weighted by Crippen LogP contribution is 2.21. The summed E-state index contributed by atoms with van der Waals surface area (Å²) in [4.78, 5) is 11.9. The molecule has 23 heavy (non-hydrogen) atoms. The third-order valence-corrected chi connectivity index (χ3v) is 4.04. The molecular weight excluding hydrogens is 294 g/mol. The third-order valence-electron chi connectivity index (χ3n) is 4.04. The standard InChI is InChI=1S/C15H23N7O/c23-15(17-6-2-8-21-10-7-18-20-21)12-22-9-4-14(19-22)13-3-1-5-16-11-13/h4,7,9-10,13,16H,1-3,5-6,8,11-12H2,(H,17,23). The lowest BCUT2D eigenvalue weighted by molar-refractivity contribution is -0.121. The van der Waals surface area contributed by atoms with E-state index in [0.717, 1.165) is 31.7 Å². The number of carbonyl (C=O) groups is 1. The van der Waals surface area contributed by atoms with Gasteiger partial charge in [-0.15, -0.1) is 5.10 Å². The summed E-state index contributed by atoms with van der Waals surface area (Å²) < 4.78 is 3.47. The summed E-state index contributed by atoms with van der Waals surface area (Å²) in [6.07, 6.45) is 8.53. The summed E-state index contributed by atoms with van der Waals surface area (Å²) >= 11 is 0. The van der Waals surface area contributed by atoms with E-state index in [0.29, 0.717) is 12.5 Å². The van der Waals surface area contributed by atoms with Crippen LogP contribution in [0.25, 0.3) is 0 Å². The fraction of sp³-hybridized carbons (Fsp3) is 0.600. The van der Waals surface area contributed by atoms with Crippen molar-refractivity contribution in [3.8, 4) is 0 Å². The molecule has 1 aliphatic heterocycles. The van der Waals surface area contributed by atoms with E-state index in [1.54, 1.807) is 15.6 Å². The molecule has 1 aliphatic rings. The molecule has 124 valence electrons. The maximum atomic E-state index is 11.9. The second-order valence-corrected chi connectivity index (χ2v) is 5.85. The van der Waals surface area contributed by atoms with Gasteiger partial charge in [-0.2, -0.15) is 5.10 Å². The minimum Gasteiger partial charge on any atom is -0.354 e. The predicted molar refractivity (Wildman–Crippen MR) is 84.7 cm³/mol. The van der Waals surface area contributed by atoms with Crippen LogP contribution in [0.3, 0.4) is 0 Å². The Hall–Kier alpha value is -2.22. The van der Waals surface area contributed by atoms with Crippen LogP contribution in [0.2, 0.25) is 0 Å². The Balaban J connectivity index is 1.38. The number of piperidine rings is 1. The lowest BCUT2D eigenvalue weighted by atomic mass is 9.97. The van der Waals surface area contributed by atoms with Crippen LogP contribution in [-0.4, -0.2) is 50.3 Å². The first-order valence-electron chi connectivity index (χ1n) is 8.16. The van der Waals surface area contributed by atoms with E-state index in [-0.39, 0.29) is 12.5 Å². The Morgan fingerprint density at radius 3 is 3.13 bits per heavy atom. The van der Waals surface area contributed by atoms with Crippen LogP contribution in [0.1, 0.15) is 30.9 Å². The highest BCUT2D eigenvalue weighted by Gasteiger charge is 2.17. The first-order chi connectivity index (χ1) is 11.3. The summed E-state index contributed by atoms with van der Waals surface area (Å²) in [6.45, 7) is 3.71. The van der Waals surface area contributed by atoms with Crippen LogP contribution < -0.4 is 10.6 Å². The van der Waals surface area contributed by atoms with Gasteiger partial charge in [0.05, 0.1) is 11.9 Å². The molecule has 1 amide bonds. The molecule has 2 aromatic rings. The van der Waals surface area contributed by atoms with Gasteiger partial charge >= 0.3 is 0 Å². The highest BCUT2D eigenvalue weighted by atomic mass is 16.2. The molecule has 1 unspecified atom stereocenters. The van der Waals surface area contributed by atoms with Gasteiger partial charge in [0.25, 0.3) is 0 Å². The minimum atomic E-state index is -0.0139. The van der Waals surface area contributed by atoms with Gasteiger partial charge in [0, 0.05) is 37.9 Å². The summed E-state index contributed by atoms with van der Waals surface area (Å²) in [5.74, 6) is 0.454. The fourth-order valence-corrected chi connectivity index (χ4v) is 2.81. The maximum Gasteiger partial charge on any atom is 0.241 e. The van der Waals surface area contributed by atoms with E-state index in [1.807, 2.05) is 18.5 Å². The zero-order chi connectivity index (χ0) is 15.9. The molecule has 1 saturated heterocycles. The smallest absolute Gasteiger partial charge is 0.241 e. The lowest BCUT2D eigenvalue weighted by Crippen LogP contribution is -2.30. The molecule has 0 aliphatic carbocycles. The number of rotatable bonds is 7. The number of hydrogen-bond donors (Lipinski definition) is 2. The Kier molecular flexibility index (Phi) is 5.36. The zero-order valence-electron chi connectivity index (χ0n) is 13.2. The van der Waals surface area contributed by atoms with E-state index < -0.39 is 0 Å². The second kappa shape index (κ2) is 7.87. The van der Waals surface area contributed by atoms with Crippen molar-refractivity contribution in [2.45, 2.75) is 38.3 Å². The van der Waals surface area contributed by atoms with Gasteiger partial charge in [-0.3, -0.25) is 14.2 Å². The molecule has 1 fully saturated rings. The first-order valence-corrected chi connectivity index (χ1v) is 8.16. The third kappa shape index (κ3) is 4.62. The molecule has 0 radical (unpaired) electrons. The monoisotopic (exact) mass is 317 g/mol. The number of aromatic nitrogens is 5. The molecular formula is C15H23N7O. The fourth-order valence-electron chi connectivity index (χ4n) is 2.81. The van der Waals surface area contributed by atoms with Crippen molar-refractivity contribution in [2.75, 3.05) is 19.6 Å². The molecule has 0 aromatic carbocycles. The number of hydrogen-bond acceptors (Lipinski definition) is 5. The number of carbonyl (C=O) groups excluding carboxylic acids is 1. The van der Waals surface area contributed by atoms with Crippen molar-refractivity contribution in [3.05, 3.63) is 30.4 Å². The molecule has 0 spiro atoms. The summed E-state index contributed by atoms with van der Waals surface area (Å²) in [5, 5.41) is 18.5. The van der Waals surface area contributed by atoms with E-state index in [2.05, 4.69) is 26.0 Å². The SMILES string of the molecule is O=C(Cn1ccc(C2CCCNC2)n1)NCCCn1ccnn1. The highest BCUT2D eigenvalue weighted by molar-refractivity contribution is 5.75. The topological polar surface area (TPSA) is 89.7 Å². The van der Waals surface area contributed by atoms with Crippen LogP contribution in [-0.2, 0) is 17.9 Å². The van der Waals surface area contributed by atoms with Crippen LogP contribution >= 0.6 is 0 Å². The van der Waals surface area contributed by atoms with Crippen LogP contribution in [0.15, 0.2) is 24.7 Å². The Labute approximate surface area is 135 Å². The van der Waals surface area contributed by atoms with Gasteiger partial charge in [-0.1, -0.05) is 5.21 Å².